The number of esters is 1. The Hall–Kier alpha value is -4.27. The van der Waals surface area contributed by atoms with Crippen molar-refractivity contribution in [2.45, 2.75) is 109 Å². The van der Waals surface area contributed by atoms with Gasteiger partial charge in [-0.25, -0.2) is 14.6 Å². The number of terminal acetylenes is 1. The van der Waals surface area contributed by atoms with Gasteiger partial charge in [0.05, 0.1) is 5.56 Å². The zero-order valence-corrected chi connectivity index (χ0v) is 29.0. The van der Waals surface area contributed by atoms with Crippen molar-refractivity contribution < 1.29 is 29.3 Å². The average Bonchev–Trinajstić information content (AvgIpc) is 3.16. The van der Waals surface area contributed by atoms with Crippen LogP contribution in [0.15, 0.2) is 78.9 Å². The number of ether oxygens (including phenoxy) is 1. The maximum absolute atomic E-state index is 13.0. The van der Waals surface area contributed by atoms with Gasteiger partial charge in [0.25, 0.3) is 0 Å². The highest BCUT2D eigenvalue weighted by Crippen LogP contribution is 2.38. The average molecular weight is 669 g/mol. The zero-order valence-electron chi connectivity index (χ0n) is 29.0. The molecule has 1 unspecified atom stereocenters. The Morgan fingerprint density at radius 2 is 1.45 bits per heavy atom. The molecule has 0 amide bonds. The van der Waals surface area contributed by atoms with Crippen molar-refractivity contribution in [2.24, 2.45) is 11.8 Å². The van der Waals surface area contributed by atoms with Crippen molar-refractivity contribution in [3.05, 3.63) is 107 Å². The lowest BCUT2D eigenvalue weighted by atomic mass is 9.77. The molecule has 2 aliphatic carbocycles. The largest absolute Gasteiger partial charge is 0.459 e. The van der Waals surface area contributed by atoms with Crippen molar-refractivity contribution >= 4 is 5.97 Å². The monoisotopic (exact) mass is 668 g/mol. The summed E-state index contributed by atoms with van der Waals surface area (Å²) in [6, 6.07) is 26.3. The molecule has 0 bridgehead atoms. The summed E-state index contributed by atoms with van der Waals surface area (Å²) in [4.78, 5) is 24.6. The second-order valence-electron chi connectivity index (χ2n) is 13.6. The SMILES string of the molecule is C#CC#CC#CC1CCC(c2ccc(COOC(COC(=O)c3ccc(C4CCC(CCCCC)CC4)cc3)c3ccccc3)cc2)CC1.[HH].[HH].[HH].[HH].[HH].[HH].[HH]. The Labute approximate surface area is 304 Å². The third-order valence-electron chi connectivity index (χ3n) is 10.3. The highest BCUT2D eigenvalue weighted by atomic mass is 17.2. The van der Waals surface area contributed by atoms with Crippen LogP contribution in [0.4, 0.5) is 0 Å². The Kier molecular flexibility index (Phi) is 14.5. The number of hydrogen-bond acceptors (Lipinski definition) is 4. The summed E-state index contributed by atoms with van der Waals surface area (Å²) in [6.45, 7) is 2.62. The van der Waals surface area contributed by atoms with E-state index in [0.717, 1.165) is 42.7 Å². The van der Waals surface area contributed by atoms with Crippen LogP contribution in [-0.4, -0.2) is 12.6 Å². The van der Waals surface area contributed by atoms with Crippen LogP contribution in [0.25, 0.3) is 0 Å². The fraction of sp³-hybridized carbons (Fsp3) is 0.444. The van der Waals surface area contributed by atoms with Gasteiger partial charge in [0.2, 0.25) is 0 Å². The fourth-order valence-electron chi connectivity index (χ4n) is 7.29. The maximum atomic E-state index is 13.0. The predicted octanol–water partition coefficient (Wildman–Crippen LogP) is 12.2. The molecule has 2 saturated carbocycles. The third-order valence-corrected chi connectivity index (χ3v) is 10.3. The van der Waals surface area contributed by atoms with Gasteiger partial charge >= 0.3 is 5.97 Å². The zero-order chi connectivity index (χ0) is 34.1. The number of carbonyl (C=O) groups excluding carboxylic acids is 1. The molecule has 2 fully saturated rings. The van der Waals surface area contributed by atoms with Gasteiger partial charge in [0, 0.05) is 15.9 Å². The molecule has 5 rings (SSSR count). The summed E-state index contributed by atoms with van der Waals surface area (Å²) >= 11 is 0. The summed E-state index contributed by atoms with van der Waals surface area (Å²) in [5, 5.41) is 0. The molecule has 0 spiro atoms. The molecular formula is C45H64O4. The molecule has 49 heavy (non-hydrogen) atoms. The lowest BCUT2D eigenvalue weighted by molar-refractivity contribution is -0.340. The number of rotatable bonds is 14. The van der Waals surface area contributed by atoms with Crippen LogP contribution in [0.2, 0.25) is 0 Å². The molecule has 4 nitrogen and oxygen atoms in total. The smallest absolute Gasteiger partial charge is 0.338 e. The summed E-state index contributed by atoms with van der Waals surface area (Å²) in [6.07, 6.45) is 19.5. The summed E-state index contributed by atoms with van der Waals surface area (Å²) in [7, 11) is 0. The lowest BCUT2D eigenvalue weighted by Gasteiger charge is -2.29. The second-order valence-corrected chi connectivity index (χ2v) is 13.6. The van der Waals surface area contributed by atoms with E-state index < -0.39 is 6.10 Å². The Balaban J connectivity index is -0.00000401. The van der Waals surface area contributed by atoms with Gasteiger partial charge in [-0.05, 0) is 127 Å². The normalized spacial score (nSPS) is 20.8. The molecule has 0 radical (unpaired) electrons. The fourth-order valence-corrected chi connectivity index (χ4v) is 7.29. The molecule has 0 aromatic heterocycles. The molecule has 0 heterocycles. The molecule has 0 saturated heterocycles. The van der Waals surface area contributed by atoms with Crippen LogP contribution in [0.3, 0.4) is 0 Å². The Morgan fingerprint density at radius 1 is 0.796 bits per heavy atom. The first-order chi connectivity index (χ1) is 24.1. The minimum absolute atomic E-state index is 0. The highest BCUT2D eigenvalue weighted by Gasteiger charge is 2.24. The topological polar surface area (TPSA) is 44.8 Å². The van der Waals surface area contributed by atoms with Crippen LogP contribution in [0.5, 0.6) is 0 Å². The first kappa shape index (κ1) is 36.0. The molecular weight excluding hydrogens is 604 g/mol. The van der Waals surface area contributed by atoms with E-state index in [0.29, 0.717) is 29.9 Å². The van der Waals surface area contributed by atoms with E-state index in [1.54, 1.807) is 0 Å². The van der Waals surface area contributed by atoms with E-state index in [9.17, 15) is 4.79 Å². The van der Waals surface area contributed by atoms with Gasteiger partial charge in [-0.15, -0.1) is 6.42 Å². The van der Waals surface area contributed by atoms with Crippen LogP contribution < -0.4 is 0 Å². The molecule has 1 atom stereocenters. The van der Waals surface area contributed by atoms with Gasteiger partial charge in [-0.2, -0.15) is 0 Å². The Morgan fingerprint density at radius 3 is 2.10 bits per heavy atom. The molecule has 4 heteroatoms. The quantitative estimate of drug-likeness (QED) is 0.0564. The van der Waals surface area contributed by atoms with E-state index in [1.807, 2.05) is 42.5 Å². The van der Waals surface area contributed by atoms with Crippen LogP contribution in [0.1, 0.15) is 145 Å². The minimum Gasteiger partial charge on any atom is -0.459 e. The summed E-state index contributed by atoms with van der Waals surface area (Å²) in [5.74, 6) is 15.7. The van der Waals surface area contributed by atoms with Crippen molar-refractivity contribution in [2.75, 3.05) is 6.61 Å². The second kappa shape index (κ2) is 19.7. The third kappa shape index (κ3) is 11.4. The molecule has 268 valence electrons. The van der Waals surface area contributed by atoms with E-state index >= 15 is 0 Å². The van der Waals surface area contributed by atoms with Gasteiger partial charge in [-0.1, -0.05) is 105 Å². The molecule has 0 aliphatic heterocycles. The van der Waals surface area contributed by atoms with Crippen LogP contribution in [-0.2, 0) is 21.1 Å². The number of benzene rings is 3. The van der Waals surface area contributed by atoms with Crippen molar-refractivity contribution in [1.29, 1.82) is 0 Å². The van der Waals surface area contributed by atoms with Gasteiger partial charge in [0.15, 0.2) is 6.10 Å². The van der Waals surface area contributed by atoms with Crippen molar-refractivity contribution in [3.63, 3.8) is 0 Å². The maximum Gasteiger partial charge on any atom is 0.338 e. The highest BCUT2D eigenvalue weighted by molar-refractivity contribution is 5.89. The van der Waals surface area contributed by atoms with Crippen LogP contribution >= 0.6 is 0 Å². The molecule has 3 aromatic rings. The van der Waals surface area contributed by atoms with Gasteiger partial charge in [-0.3, -0.25) is 0 Å². The van der Waals surface area contributed by atoms with Crippen LogP contribution in [0, 0.1) is 47.9 Å². The number of unbranched alkanes of at least 4 members (excludes halogenated alkanes) is 2. The van der Waals surface area contributed by atoms with Gasteiger partial charge < -0.3 is 4.74 Å². The summed E-state index contributed by atoms with van der Waals surface area (Å²) in [5.41, 5.74) is 5.13. The van der Waals surface area contributed by atoms with E-state index in [1.165, 1.54) is 62.5 Å². The molecule has 3 aromatic carbocycles. The van der Waals surface area contributed by atoms with E-state index in [4.69, 9.17) is 20.9 Å². The standard InChI is InChI=1S/C45H50O4.7H2/c1-3-5-7-10-14-36-19-23-38(24-20-36)40-27-21-37(22-28-40)33-48-49-44(42-15-11-8-12-16-42)34-47-45(46)43-31-29-41(30-32-43)39-25-17-35(18-26-39)13-9-6-4-2;;;;;;;/h1,8,11-12,15-16,21-22,27-32,35-36,38-39,44H,4,6,9,13,17-20,23-26,33-34H2,2H3;7*1H. The van der Waals surface area contributed by atoms with Crippen molar-refractivity contribution in [1.82, 2.24) is 0 Å². The van der Waals surface area contributed by atoms with E-state index in [2.05, 4.69) is 72.9 Å². The molecule has 0 N–H and O–H groups in total. The minimum atomic E-state index is -0.549. The van der Waals surface area contributed by atoms with Crippen molar-refractivity contribution in [3.8, 4) is 36.0 Å². The summed E-state index contributed by atoms with van der Waals surface area (Å²) < 4.78 is 5.75. The number of carbonyl (C=O) groups is 1. The first-order valence-electron chi connectivity index (χ1n) is 18.3. The molecule has 2 aliphatic rings. The van der Waals surface area contributed by atoms with E-state index in [-0.39, 0.29) is 22.6 Å². The Bertz CT molecular complexity index is 1630. The predicted molar refractivity (Wildman–Crippen MR) is 211 cm³/mol. The first-order valence-corrected chi connectivity index (χ1v) is 18.3. The lowest BCUT2D eigenvalue weighted by Crippen LogP contribution is -2.16. The van der Waals surface area contributed by atoms with Gasteiger partial charge in [0.1, 0.15) is 13.2 Å². The number of hydrogen-bond donors (Lipinski definition) is 0.